The van der Waals surface area contributed by atoms with Gasteiger partial charge in [0.25, 0.3) is 0 Å². The molecular formula is C15H24N6OS. The van der Waals surface area contributed by atoms with Crippen LogP contribution in [0.5, 0.6) is 0 Å². The van der Waals surface area contributed by atoms with Crippen molar-refractivity contribution in [2.24, 2.45) is 0 Å². The minimum absolute atomic E-state index is 0.536. The third-order valence-corrected chi connectivity index (χ3v) is 4.66. The highest BCUT2D eigenvalue weighted by Gasteiger charge is 2.20. The molecule has 2 aromatic rings. The van der Waals surface area contributed by atoms with Crippen LogP contribution in [0.2, 0.25) is 0 Å². The standard InChI is InChI=1S/C15H24N6OS/c1-19(2)7-8-22-12-13-14-10-20(11-15-16-4-9-23-15)5-3-6-21(14)18-17-13/h4,9H,3,5-8,10-12H2,1-2H3. The lowest BCUT2D eigenvalue weighted by molar-refractivity contribution is 0.102. The maximum absolute atomic E-state index is 5.75. The molecule has 8 heteroatoms. The molecule has 0 atom stereocenters. The van der Waals surface area contributed by atoms with Crippen molar-refractivity contribution in [1.82, 2.24) is 29.8 Å². The Morgan fingerprint density at radius 3 is 3.04 bits per heavy atom. The molecule has 0 N–H and O–H groups in total. The average Bonchev–Trinajstić information content (AvgIpc) is 3.10. The molecule has 7 nitrogen and oxygen atoms in total. The molecular weight excluding hydrogens is 312 g/mol. The first-order valence-electron chi connectivity index (χ1n) is 7.97. The van der Waals surface area contributed by atoms with Gasteiger partial charge in [-0.25, -0.2) is 9.67 Å². The maximum Gasteiger partial charge on any atom is 0.113 e. The Morgan fingerprint density at radius 2 is 2.26 bits per heavy atom. The summed E-state index contributed by atoms with van der Waals surface area (Å²) in [5.74, 6) is 0. The smallest absolute Gasteiger partial charge is 0.113 e. The van der Waals surface area contributed by atoms with Crippen LogP contribution in [0.25, 0.3) is 0 Å². The van der Waals surface area contributed by atoms with Crippen molar-refractivity contribution < 1.29 is 4.74 Å². The second kappa shape index (κ2) is 7.96. The fourth-order valence-electron chi connectivity index (χ4n) is 2.64. The normalized spacial score (nSPS) is 15.8. The molecule has 3 rings (SSSR count). The van der Waals surface area contributed by atoms with Gasteiger partial charge in [0.2, 0.25) is 0 Å². The van der Waals surface area contributed by atoms with E-state index in [1.807, 2.05) is 30.4 Å². The van der Waals surface area contributed by atoms with Gasteiger partial charge in [0.1, 0.15) is 10.7 Å². The van der Waals surface area contributed by atoms with E-state index >= 15 is 0 Å². The van der Waals surface area contributed by atoms with Crippen molar-refractivity contribution in [2.45, 2.75) is 32.7 Å². The van der Waals surface area contributed by atoms with Gasteiger partial charge in [-0.1, -0.05) is 5.21 Å². The largest absolute Gasteiger partial charge is 0.374 e. The Bertz CT molecular complexity index is 597. The molecule has 0 fully saturated rings. The fourth-order valence-corrected chi connectivity index (χ4v) is 3.30. The van der Waals surface area contributed by atoms with Crippen LogP contribution in [0.4, 0.5) is 0 Å². The van der Waals surface area contributed by atoms with Crippen molar-refractivity contribution in [3.63, 3.8) is 0 Å². The molecule has 0 bridgehead atoms. The number of hydrogen-bond acceptors (Lipinski definition) is 7. The Morgan fingerprint density at radius 1 is 1.35 bits per heavy atom. The van der Waals surface area contributed by atoms with Crippen molar-refractivity contribution in [3.8, 4) is 0 Å². The van der Waals surface area contributed by atoms with Crippen LogP contribution < -0.4 is 0 Å². The minimum atomic E-state index is 0.536. The van der Waals surface area contributed by atoms with Gasteiger partial charge in [-0.05, 0) is 20.5 Å². The monoisotopic (exact) mass is 336 g/mol. The summed E-state index contributed by atoms with van der Waals surface area (Å²) in [4.78, 5) is 8.93. The molecule has 1 aliphatic rings. The summed E-state index contributed by atoms with van der Waals surface area (Å²) < 4.78 is 7.78. The number of fused-ring (bicyclic) bond motifs is 1. The van der Waals surface area contributed by atoms with E-state index in [4.69, 9.17) is 4.74 Å². The Kier molecular flexibility index (Phi) is 5.71. The van der Waals surface area contributed by atoms with Gasteiger partial charge in [-0.3, -0.25) is 4.90 Å². The van der Waals surface area contributed by atoms with Gasteiger partial charge in [-0.15, -0.1) is 16.4 Å². The summed E-state index contributed by atoms with van der Waals surface area (Å²) in [7, 11) is 4.09. The molecule has 0 amide bonds. The summed E-state index contributed by atoms with van der Waals surface area (Å²) in [6, 6.07) is 0. The number of thiazole rings is 1. The van der Waals surface area contributed by atoms with E-state index in [9.17, 15) is 0 Å². The van der Waals surface area contributed by atoms with Gasteiger partial charge in [0.15, 0.2) is 0 Å². The molecule has 0 saturated carbocycles. The molecule has 3 heterocycles. The van der Waals surface area contributed by atoms with E-state index in [0.29, 0.717) is 13.2 Å². The predicted molar refractivity (Wildman–Crippen MR) is 89.1 cm³/mol. The first kappa shape index (κ1) is 16.5. The Hall–Kier alpha value is -1.35. The number of hydrogen-bond donors (Lipinski definition) is 0. The Balaban J connectivity index is 1.61. The molecule has 1 aliphatic heterocycles. The first-order chi connectivity index (χ1) is 11.2. The lowest BCUT2D eigenvalue weighted by Crippen LogP contribution is -2.23. The number of aromatic nitrogens is 4. The number of aryl methyl sites for hydroxylation is 1. The molecule has 0 aromatic carbocycles. The summed E-state index contributed by atoms with van der Waals surface area (Å²) in [5.41, 5.74) is 2.15. The lowest BCUT2D eigenvalue weighted by Gasteiger charge is -2.18. The molecule has 23 heavy (non-hydrogen) atoms. The third kappa shape index (κ3) is 4.57. The van der Waals surface area contributed by atoms with Crippen LogP contribution in [0.15, 0.2) is 11.6 Å². The molecule has 0 spiro atoms. The van der Waals surface area contributed by atoms with E-state index in [1.165, 1.54) is 5.69 Å². The molecule has 0 aliphatic carbocycles. The number of rotatable bonds is 7. The number of likely N-dealkylation sites (N-methyl/N-ethyl adjacent to an activating group) is 1. The van der Waals surface area contributed by atoms with E-state index in [0.717, 1.165) is 49.8 Å². The van der Waals surface area contributed by atoms with Crippen LogP contribution in [0.1, 0.15) is 22.8 Å². The summed E-state index contributed by atoms with van der Waals surface area (Å²) in [6.45, 7) is 5.90. The van der Waals surface area contributed by atoms with Gasteiger partial charge >= 0.3 is 0 Å². The SMILES string of the molecule is CN(C)CCOCc1nnn2c1CN(Cc1nccs1)CCC2. The quantitative estimate of drug-likeness (QED) is 0.709. The first-order valence-corrected chi connectivity index (χ1v) is 8.85. The maximum atomic E-state index is 5.75. The lowest BCUT2D eigenvalue weighted by atomic mass is 10.3. The van der Waals surface area contributed by atoms with Crippen molar-refractivity contribution >= 4 is 11.3 Å². The van der Waals surface area contributed by atoms with Gasteiger partial charge in [0, 0.05) is 37.8 Å². The van der Waals surface area contributed by atoms with E-state index in [-0.39, 0.29) is 0 Å². The zero-order valence-corrected chi connectivity index (χ0v) is 14.6. The van der Waals surface area contributed by atoms with Crippen molar-refractivity contribution in [1.29, 1.82) is 0 Å². The van der Waals surface area contributed by atoms with Gasteiger partial charge < -0.3 is 9.64 Å². The predicted octanol–water partition coefficient (Wildman–Crippen LogP) is 1.22. The zero-order valence-electron chi connectivity index (χ0n) is 13.8. The van der Waals surface area contributed by atoms with Crippen molar-refractivity contribution in [2.75, 3.05) is 33.8 Å². The number of nitrogens with zero attached hydrogens (tertiary/aromatic N) is 6. The van der Waals surface area contributed by atoms with E-state index in [2.05, 4.69) is 25.1 Å². The summed E-state index contributed by atoms with van der Waals surface area (Å²) >= 11 is 1.71. The third-order valence-electron chi connectivity index (χ3n) is 3.90. The van der Waals surface area contributed by atoms with E-state index in [1.54, 1.807) is 11.3 Å². The number of ether oxygens (including phenoxy) is 1. The second-order valence-corrected chi connectivity index (χ2v) is 7.03. The summed E-state index contributed by atoms with van der Waals surface area (Å²) in [5, 5.41) is 11.8. The summed E-state index contributed by atoms with van der Waals surface area (Å²) in [6.07, 6.45) is 2.95. The molecule has 2 aromatic heterocycles. The highest BCUT2D eigenvalue weighted by molar-refractivity contribution is 7.09. The van der Waals surface area contributed by atoms with Gasteiger partial charge in [-0.2, -0.15) is 0 Å². The molecule has 0 unspecified atom stereocenters. The van der Waals surface area contributed by atoms with Crippen LogP contribution in [-0.4, -0.2) is 63.6 Å². The molecule has 0 saturated heterocycles. The van der Waals surface area contributed by atoms with Crippen LogP contribution in [0.3, 0.4) is 0 Å². The average molecular weight is 336 g/mol. The molecule has 0 radical (unpaired) electrons. The van der Waals surface area contributed by atoms with Crippen molar-refractivity contribution in [3.05, 3.63) is 28.0 Å². The van der Waals surface area contributed by atoms with Crippen LogP contribution in [0, 0.1) is 0 Å². The topological polar surface area (TPSA) is 59.3 Å². The van der Waals surface area contributed by atoms with E-state index < -0.39 is 0 Å². The van der Waals surface area contributed by atoms with Crippen LogP contribution in [-0.2, 0) is 31.0 Å². The second-order valence-electron chi connectivity index (χ2n) is 6.05. The highest BCUT2D eigenvalue weighted by Crippen LogP contribution is 2.18. The fraction of sp³-hybridized carbons (Fsp3) is 0.667. The Labute approximate surface area is 140 Å². The highest BCUT2D eigenvalue weighted by atomic mass is 32.1. The molecule has 126 valence electrons. The van der Waals surface area contributed by atoms with Crippen LogP contribution >= 0.6 is 11.3 Å². The minimum Gasteiger partial charge on any atom is -0.374 e. The zero-order chi connectivity index (χ0) is 16.1. The van der Waals surface area contributed by atoms with Gasteiger partial charge in [0.05, 0.1) is 25.5 Å².